The molecule has 0 bridgehead atoms. The largest absolute Gasteiger partial charge is 0.395 e. The smallest absolute Gasteiger partial charge is 0.0564 e. The molecule has 0 aliphatic carbocycles. The van der Waals surface area contributed by atoms with Gasteiger partial charge in [0.25, 0.3) is 0 Å². The summed E-state index contributed by atoms with van der Waals surface area (Å²) in [5.74, 6) is 0. The summed E-state index contributed by atoms with van der Waals surface area (Å²) in [7, 11) is 0. The molecule has 0 aromatic rings. The predicted octanol–water partition coefficient (Wildman–Crippen LogP) is 1.26. The maximum atomic E-state index is 9.00. The number of aliphatic hydroxyl groups excluding tert-OH is 1. The molecular formula is C9H19NOS. The molecule has 12 heavy (non-hydrogen) atoms. The minimum absolute atomic E-state index is 0.221. The summed E-state index contributed by atoms with van der Waals surface area (Å²) in [6, 6.07) is 0.624. The topological polar surface area (TPSA) is 32.3 Å². The fourth-order valence-corrected chi connectivity index (χ4v) is 1.66. The molecule has 0 radical (unpaired) electrons. The molecule has 3 atom stereocenters. The molecule has 0 spiro atoms. The van der Waals surface area contributed by atoms with Crippen LogP contribution in [0.4, 0.5) is 0 Å². The fourth-order valence-electron chi connectivity index (χ4n) is 1.03. The second-order valence-electron chi connectivity index (χ2n) is 2.94. The summed E-state index contributed by atoms with van der Waals surface area (Å²) in [5, 5.41) is 12.6. The molecule has 0 aromatic heterocycles. The fraction of sp³-hybridized carbons (Fsp3) is 0.778. The molecule has 0 aliphatic rings. The Morgan fingerprint density at radius 3 is 2.50 bits per heavy atom. The lowest BCUT2D eigenvalue weighted by atomic mass is 10.2. The first-order chi connectivity index (χ1) is 5.65. The lowest BCUT2D eigenvalue weighted by molar-refractivity contribution is 0.274. The number of hydrogen-bond acceptors (Lipinski definition) is 3. The average molecular weight is 189 g/mol. The van der Waals surface area contributed by atoms with E-state index in [1.54, 1.807) is 11.8 Å². The van der Waals surface area contributed by atoms with Crippen LogP contribution in [-0.4, -0.2) is 35.3 Å². The normalized spacial score (nSPS) is 18.3. The monoisotopic (exact) mass is 189 g/mol. The van der Waals surface area contributed by atoms with Gasteiger partial charge >= 0.3 is 0 Å². The SMILES string of the molecule is C=CC(C)NC(C)C(CO)SC. The van der Waals surface area contributed by atoms with E-state index < -0.39 is 0 Å². The highest BCUT2D eigenvalue weighted by Gasteiger charge is 2.15. The second kappa shape index (κ2) is 6.52. The maximum absolute atomic E-state index is 9.00. The standard InChI is InChI=1S/C9H19NOS/c1-5-7(2)10-8(3)9(6-11)12-4/h5,7-11H,1,6H2,2-4H3. The molecule has 72 valence electrons. The Labute approximate surface area is 79.4 Å². The highest BCUT2D eigenvalue weighted by molar-refractivity contribution is 7.99. The minimum atomic E-state index is 0.221. The van der Waals surface area contributed by atoms with Crippen LogP contribution in [0.5, 0.6) is 0 Å². The highest BCUT2D eigenvalue weighted by Crippen LogP contribution is 2.10. The van der Waals surface area contributed by atoms with Crippen molar-refractivity contribution in [2.45, 2.75) is 31.2 Å². The number of aliphatic hydroxyl groups is 1. The Morgan fingerprint density at radius 1 is 1.58 bits per heavy atom. The summed E-state index contributed by atoms with van der Waals surface area (Å²) in [6.07, 6.45) is 3.88. The van der Waals surface area contributed by atoms with Gasteiger partial charge in [-0.25, -0.2) is 0 Å². The number of rotatable bonds is 6. The van der Waals surface area contributed by atoms with Crippen molar-refractivity contribution in [3.05, 3.63) is 12.7 Å². The lowest BCUT2D eigenvalue weighted by Crippen LogP contribution is -2.41. The Morgan fingerprint density at radius 2 is 2.17 bits per heavy atom. The van der Waals surface area contributed by atoms with Gasteiger partial charge in [0.05, 0.1) is 6.61 Å². The van der Waals surface area contributed by atoms with Gasteiger partial charge in [-0.15, -0.1) is 6.58 Å². The van der Waals surface area contributed by atoms with Crippen molar-refractivity contribution in [1.29, 1.82) is 0 Å². The van der Waals surface area contributed by atoms with Gasteiger partial charge in [-0.2, -0.15) is 11.8 Å². The summed E-state index contributed by atoms with van der Waals surface area (Å²) < 4.78 is 0. The Kier molecular flexibility index (Phi) is 6.52. The molecule has 2 N–H and O–H groups in total. The summed E-state index contributed by atoms with van der Waals surface area (Å²) in [5.41, 5.74) is 0. The summed E-state index contributed by atoms with van der Waals surface area (Å²) >= 11 is 1.68. The van der Waals surface area contributed by atoms with Crippen molar-refractivity contribution < 1.29 is 5.11 Å². The van der Waals surface area contributed by atoms with Crippen LogP contribution in [-0.2, 0) is 0 Å². The predicted molar refractivity (Wildman–Crippen MR) is 56.6 cm³/mol. The van der Waals surface area contributed by atoms with Crippen LogP contribution in [0.15, 0.2) is 12.7 Å². The minimum Gasteiger partial charge on any atom is -0.395 e. The number of thioether (sulfide) groups is 1. The van der Waals surface area contributed by atoms with E-state index in [-0.39, 0.29) is 11.9 Å². The first-order valence-electron chi connectivity index (χ1n) is 4.18. The van der Waals surface area contributed by atoms with Gasteiger partial charge in [-0.1, -0.05) is 6.08 Å². The van der Waals surface area contributed by atoms with Crippen LogP contribution in [0.2, 0.25) is 0 Å². The molecule has 0 rings (SSSR count). The molecule has 3 heteroatoms. The molecule has 0 amide bonds. The molecule has 0 saturated heterocycles. The Balaban J connectivity index is 3.82. The summed E-state index contributed by atoms with van der Waals surface area (Å²) in [4.78, 5) is 0. The van der Waals surface area contributed by atoms with Gasteiger partial charge in [0, 0.05) is 17.3 Å². The first-order valence-corrected chi connectivity index (χ1v) is 5.46. The van der Waals surface area contributed by atoms with Crippen molar-refractivity contribution in [1.82, 2.24) is 5.32 Å². The van der Waals surface area contributed by atoms with E-state index in [1.807, 2.05) is 12.3 Å². The van der Waals surface area contributed by atoms with Crippen molar-refractivity contribution in [2.75, 3.05) is 12.9 Å². The van der Waals surface area contributed by atoms with Gasteiger partial charge < -0.3 is 10.4 Å². The summed E-state index contributed by atoms with van der Waals surface area (Å²) in [6.45, 7) is 8.05. The van der Waals surface area contributed by atoms with Crippen LogP contribution >= 0.6 is 11.8 Å². The molecule has 0 aromatic carbocycles. The first kappa shape index (κ1) is 12.0. The molecule has 2 nitrogen and oxygen atoms in total. The van der Waals surface area contributed by atoms with Gasteiger partial charge in [-0.3, -0.25) is 0 Å². The van der Waals surface area contributed by atoms with E-state index in [2.05, 4.69) is 25.7 Å². The van der Waals surface area contributed by atoms with Crippen LogP contribution in [0.25, 0.3) is 0 Å². The van der Waals surface area contributed by atoms with E-state index in [0.717, 1.165) is 0 Å². The molecule has 0 saturated carbocycles. The third-order valence-corrected chi connectivity index (χ3v) is 3.08. The van der Waals surface area contributed by atoms with Crippen molar-refractivity contribution in [2.24, 2.45) is 0 Å². The quantitative estimate of drug-likeness (QED) is 0.617. The Hall–Kier alpha value is 0.0100. The zero-order chi connectivity index (χ0) is 9.56. The van der Waals surface area contributed by atoms with Crippen molar-refractivity contribution in [3.8, 4) is 0 Å². The van der Waals surface area contributed by atoms with Crippen LogP contribution < -0.4 is 5.32 Å². The van der Waals surface area contributed by atoms with Gasteiger partial charge in [0.2, 0.25) is 0 Å². The highest BCUT2D eigenvalue weighted by atomic mass is 32.2. The zero-order valence-electron chi connectivity index (χ0n) is 8.08. The number of nitrogens with one attached hydrogen (secondary N) is 1. The van der Waals surface area contributed by atoms with Crippen LogP contribution in [0.1, 0.15) is 13.8 Å². The Bertz CT molecular complexity index is 126. The van der Waals surface area contributed by atoms with Gasteiger partial charge in [0.1, 0.15) is 0 Å². The van der Waals surface area contributed by atoms with Gasteiger partial charge in [-0.05, 0) is 20.1 Å². The van der Waals surface area contributed by atoms with E-state index in [1.165, 1.54) is 0 Å². The van der Waals surface area contributed by atoms with E-state index in [4.69, 9.17) is 5.11 Å². The van der Waals surface area contributed by atoms with E-state index in [0.29, 0.717) is 12.1 Å². The number of hydrogen-bond donors (Lipinski definition) is 2. The molecule has 0 fully saturated rings. The van der Waals surface area contributed by atoms with Crippen molar-refractivity contribution in [3.63, 3.8) is 0 Å². The van der Waals surface area contributed by atoms with Crippen LogP contribution in [0.3, 0.4) is 0 Å². The molecule has 0 heterocycles. The van der Waals surface area contributed by atoms with E-state index >= 15 is 0 Å². The lowest BCUT2D eigenvalue weighted by Gasteiger charge is -2.23. The van der Waals surface area contributed by atoms with Gasteiger partial charge in [0.15, 0.2) is 0 Å². The van der Waals surface area contributed by atoms with E-state index in [9.17, 15) is 0 Å². The third-order valence-electron chi connectivity index (χ3n) is 1.92. The molecule has 3 unspecified atom stereocenters. The third kappa shape index (κ3) is 4.14. The maximum Gasteiger partial charge on any atom is 0.0564 e. The second-order valence-corrected chi connectivity index (χ2v) is 4.01. The molecule has 0 aliphatic heterocycles. The zero-order valence-corrected chi connectivity index (χ0v) is 8.90. The molecular weight excluding hydrogens is 170 g/mol. The average Bonchev–Trinajstić information content (AvgIpc) is 2.06. The van der Waals surface area contributed by atoms with Crippen LogP contribution in [0, 0.1) is 0 Å². The van der Waals surface area contributed by atoms with Crippen molar-refractivity contribution >= 4 is 11.8 Å².